The van der Waals surface area contributed by atoms with Gasteiger partial charge in [0.05, 0.1) is 5.88 Å². The number of alkyl halides is 1. The molecule has 1 fully saturated rings. The van der Waals surface area contributed by atoms with Gasteiger partial charge in [0.1, 0.15) is 10.7 Å². The van der Waals surface area contributed by atoms with Crippen molar-refractivity contribution >= 4 is 33.2 Å². The number of rotatable bonds is 3. The number of piperidine rings is 1. The van der Waals surface area contributed by atoms with Crippen LogP contribution in [0.3, 0.4) is 0 Å². The molecular formula is C14H18Cl2FNO2S. The lowest BCUT2D eigenvalue weighted by molar-refractivity contribution is 0.195. The number of halogens is 3. The molecule has 0 aromatic heterocycles. The highest BCUT2D eigenvalue weighted by Gasteiger charge is 2.34. The highest BCUT2D eigenvalue weighted by atomic mass is 35.5. The fraction of sp³-hybridized carbons (Fsp3) is 0.571. The minimum absolute atomic E-state index is 0.0973. The standard InChI is InChI=1S/C14H18Cl2FNO2S/c1-14(2)3-5-18(6-4-14)21(19,20)12-8-11(16)7-10(9-15)13(12)17/h7-8H,3-6,9H2,1-2H3. The Morgan fingerprint density at radius 1 is 1.29 bits per heavy atom. The Morgan fingerprint density at radius 3 is 2.38 bits per heavy atom. The molecule has 1 aromatic carbocycles. The van der Waals surface area contributed by atoms with E-state index in [0.717, 1.165) is 18.9 Å². The van der Waals surface area contributed by atoms with E-state index in [0.29, 0.717) is 13.1 Å². The highest BCUT2D eigenvalue weighted by molar-refractivity contribution is 7.89. The van der Waals surface area contributed by atoms with Crippen molar-refractivity contribution in [3.8, 4) is 0 Å². The number of benzene rings is 1. The first kappa shape index (κ1) is 17.0. The summed E-state index contributed by atoms with van der Waals surface area (Å²) in [5.41, 5.74) is 0.209. The number of hydrogen-bond donors (Lipinski definition) is 0. The second kappa shape index (κ2) is 6.03. The zero-order valence-electron chi connectivity index (χ0n) is 12.0. The first-order chi connectivity index (χ1) is 9.67. The summed E-state index contributed by atoms with van der Waals surface area (Å²) < 4.78 is 40.9. The Bertz CT molecular complexity index is 637. The quantitative estimate of drug-likeness (QED) is 0.769. The molecule has 1 aromatic rings. The van der Waals surface area contributed by atoms with Crippen molar-refractivity contribution in [2.24, 2.45) is 5.41 Å². The van der Waals surface area contributed by atoms with E-state index in [1.54, 1.807) is 0 Å². The smallest absolute Gasteiger partial charge is 0.207 e. The second-order valence-electron chi connectivity index (χ2n) is 6.08. The van der Waals surface area contributed by atoms with Gasteiger partial charge in [-0.2, -0.15) is 4.31 Å². The van der Waals surface area contributed by atoms with Gasteiger partial charge in [0, 0.05) is 23.7 Å². The Labute approximate surface area is 135 Å². The van der Waals surface area contributed by atoms with E-state index in [4.69, 9.17) is 23.2 Å². The molecule has 0 radical (unpaired) electrons. The van der Waals surface area contributed by atoms with Crippen LogP contribution in [0.25, 0.3) is 0 Å². The lowest BCUT2D eigenvalue weighted by atomic mass is 9.83. The average Bonchev–Trinajstić information content (AvgIpc) is 2.40. The van der Waals surface area contributed by atoms with Gasteiger partial charge in [-0.3, -0.25) is 0 Å². The van der Waals surface area contributed by atoms with Crippen molar-refractivity contribution in [2.75, 3.05) is 13.1 Å². The molecule has 1 saturated heterocycles. The second-order valence-corrected chi connectivity index (χ2v) is 8.69. The van der Waals surface area contributed by atoms with Crippen LogP contribution in [0.1, 0.15) is 32.3 Å². The summed E-state index contributed by atoms with van der Waals surface area (Å²) in [6.07, 6.45) is 1.49. The number of hydrogen-bond acceptors (Lipinski definition) is 2. The molecule has 0 atom stereocenters. The predicted molar refractivity (Wildman–Crippen MR) is 82.7 cm³/mol. The fourth-order valence-electron chi connectivity index (χ4n) is 2.37. The third-order valence-corrected chi connectivity index (χ3v) is 6.32. The molecule has 1 aliphatic rings. The summed E-state index contributed by atoms with van der Waals surface area (Å²) in [6.45, 7) is 4.97. The molecule has 1 heterocycles. The highest BCUT2D eigenvalue weighted by Crippen LogP contribution is 2.34. The molecule has 0 amide bonds. The van der Waals surface area contributed by atoms with Crippen LogP contribution >= 0.6 is 23.2 Å². The lowest BCUT2D eigenvalue weighted by Crippen LogP contribution is -2.41. The van der Waals surface area contributed by atoms with Crippen LogP contribution in [0, 0.1) is 11.2 Å². The minimum Gasteiger partial charge on any atom is -0.207 e. The summed E-state index contributed by atoms with van der Waals surface area (Å²) in [4.78, 5) is -0.384. The van der Waals surface area contributed by atoms with Gasteiger partial charge in [-0.15, -0.1) is 11.6 Å². The first-order valence-electron chi connectivity index (χ1n) is 6.71. The van der Waals surface area contributed by atoms with Crippen LogP contribution in [0.2, 0.25) is 5.02 Å². The summed E-state index contributed by atoms with van der Waals surface area (Å²) in [7, 11) is -3.88. The molecule has 21 heavy (non-hydrogen) atoms. The van der Waals surface area contributed by atoms with E-state index in [9.17, 15) is 12.8 Å². The van der Waals surface area contributed by atoms with Crippen molar-refractivity contribution in [1.29, 1.82) is 0 Å². The summed E-state index contributed by atoms with van der Waals surface area (Å²) in [6, 6.07) is 2.50. The minimum atomic E-state index is -3.88. The molecule has 0 bridgehead atoms. The van der Waals surface area contributed by atoms with Gasteiger partial charge in [0.15, 0.2) is 0 Å². The normalized spacial score (nSPS) is 19.7. The molecule has 2 rings (SSSR count). The largest absolute Gasteiger partial charge is 0.246 e. The van der Waals surface area contributed by atoms with Crippen molar-refractivity contribution in [2.45, 2.75) is 37.5 Å². The van der Waals surface area contributed by atoms with Crippen molar-refractivity contribution in [3.05, 3.63) is 28.5 Å². The van der Waals surface area contributed by atoms with Gasteiger partial charge < -0.3 is 0 Å². The van der Waals surface area contributed by atoms with E-state index in [-0.39, 0.29) is 26.8 Å². The maximum atomic E-state index is 14.3. The predicted octanol–water partition coefficient (Wildman–Crippen LogP) is 4.03. The van der Waals surface area contributed by atoms with Gasteiger partial charge in [-0.05, 0) is 30.4 Å². The monoisotopic (exact) mass is 353 g/mol. The zero-order chi connectivity index (χ0) is 15.8. The van der Waals surface area contributed by atoms with Gasteiger partial charge in [0.25, 0.3) is 0 Å². The molecule has 3 nitrogen and oxygen atoms in total. The maximum absolute atomic E-state index is 14.3. The molecule has 0 unspecified atom stereocenters. The zero-order valence-corrected chi connectivity index (χ0v) is 14.3. The Balaban J connectivity index is 2.39. The van der Waals surface area contributed by atoms with Crippen molar-refractivity contribution in [3.63, 3.8) is 0 Å². The first-order valence-corrected chi connectivity index (χ1v) is 9.07. The van der Waals surface area contributed by atoms with E-state index >= 15 is 0 Å². The molecule has 0 aliphatic carbocycles. The van der Waals surface area contributed by atoms with Crippen molar-refractivity contribution < 1.29 is 12.8 Å². The summed E-state index contributed by atoms with van der Waals surface area (Å²) in [5, 5.41) is 0.169. The van der Waals surface area contributed by atoms with E-state index in [1.807, 2.05) is 0 Å². The summed E-state index contributed by atoms with van der Waals surface area (Å²) in [5.74, 6) is -0.929. The Kier molecular flexibility index (Phi) is 4.88. The summed E-state index contributed by atoms with van der Waals surface area (Å²) >= 11 is 11.5. The van der Waals surface area contributed by atoms with Gasteiger partial charge in [-0.25, -0.2) is 12.8 Å². The van der Waals surface area contributed by atoms with E-state index in [2.05, 4.69) is 13.8 Å². The topological polar surface area (TPSA) is 37.4 Å². The Hall–Kier alpha value is -0.360. The van der Waals surface area contributed by atoms with Crippen LogP contribution in [-0.4, -0.2) is 25.8 Å². The van der Waals surface area contributed by atoms with Gasteiger partial charge >= 0.3 is 0 Å². The van der Waals surface area contributed by atoms with Gasteiger partial charge in [0.2, 0.25) is 10.0 Å². The molecule has 0 saturated carbocycles. The molecule has 0 spiro atoms. The fourth-order valence-corrected chi connectivity index (χ4v) is 4.45. The van der Waals surface area contributed by atoms with Crippen LogP contribution in [0.4, 0.5) is 4.39 Å². The van der Waals surface area contributed by atoms with E-state index < -0.39 is 15.8 Å². The third kappa shape index (κ3) is 3.52. The molecular weight excluding hydrogens is 336 g/mol. The average molecular weight is 354 g/mol. The molecule has 7 heteroatoms. The third-order valence-electron chi connectivity index (χ3n) is 3.92. The molecule has 1 aliphatic heterocycles. The van der Waals surface area contributed by atoms with Crippen LogP contribution in [-0.2, 0) is 15.9 Å². The van der Waals surface area contributed by atoms with Gasteiger partial charge in [-0.1, -0.05) is 25.4 Å². The van der Waals surface area contributed by atoms with Crippen molar-refractivity contribution in [1.82, 2.24) is 4.31 Å². The molecule has 0 N–H and O–H groups in total. The maximum Gasteiger partial charge on any atom is 0.246 e. The molecule has 118 valence electrons. The van der Waals surface area contributed by atoms with Crippen LogP contribution < -0.4 is 0 Å². The van der Waals surface area contributed by atoms with E-state index in [1.165, 1.54) is 10.4 Å². The lowest BCUT2D eigenvalue weighted by Gasteiger charge is -2.36. The number of nitrogens with zero attached hydrogens (tertiary/aromatic N) is 1. The Morgan fingerprint density at radius 2 is 1.86 bits per heavy atom. The number of sulfonamides is 1. The van der Waals surface area contributed by atoms with Crippen LogP contribution in [0.5, 0.6) is 0 Å². The van der Waals surface area contributed by atoms with Crippen LogP contribution in [0.15, 0.2) is 17.0 Å². The SMILES string of the molecule is CC1(C)CCN(S(=O)(=O)c2cc(Cl)cc(CCl)c2F)CC1.